The van der Waals surface area contributed by atoms with E-state index in [1.807, 2.05) is 0 Å². The van der Waals surface area contributed by atoms with Gasteiger partial charge in [-0.05, 0) is 13.3 Å². The van der Waals surface area contributed by atoms with Crippen LogP contribution in [0, 0.1) is 5.92 Å². The van der Waals surface area contributed by atoms with E-state index in [1.165, 1.54) is 0 Å². The summed E-state index contributed by atoms with van der Waals surface area (Å²) in [5.74, 6) is -1.83. The maximum absolute atomic E-state index is 11.6. The zero-order valence-electron chi connectivity index (χ0n) is 10.4. The summed E-state index contributed by atoms with van der Waals surface area (Å²) in [6.45, 7) is 5.62. The zero-order valence-corrected chi connectivity index (χ0v) is 10.4. The van der Waals surface area contributed by atoms with Gasteiger partial charge < -0.3 is 15.7 Å². The van der Waals surface area contributed by atoms with Crippen molar-refractivity contribution in [3.05, 3.63) is 0 Å². The van der Waals surface area contributed by atoms with Crippen LogP contribution < -0.4 is 10.6 Å². The molecule has 0 bridgehead atoms. The molecule has 0 aromatic rings. The first kappa shape index (κ1) is 15.4. The Kier molecular flexibility index (Phi) is 6.93. The Morgan fingerprint density at radius 3 is 2.18 bits per heavy atom. The first-order valence-electron chi connectivity index (χ1n) is 5.68. The topological polar surface area (TPSA) is 95.5 Å². The predicted octanol–water partition coefficient (Wildman–Crippen LogP) is 0.128. The van der Waals surface area contributed by atoms with Crippen LogP contribution in [0.3, 0.4) is 0 Å². The lowest BCUT2D eigenvalue weighted by Gasteiger charge is -2.18. The van der Waals surface area contributed by atoms with Crippen molar-refractivity contribution in [3.8, 4) is 0 Å². The Balaban J connectivity index is 4.44. The van der Waals surface area contributed by atoms with E-state index >= 15 is 0 Å². The average Bonchev–Trinajstić information content (AvgIpc) is 2.23. The minimum absolute atomic E-state index is 0.0969. The summed E-state index contributed by atoms with van der Waals surface area (Å²) in [6.07, 6.45) is -0.0558. The van der Waals surface area contributed by atoms with Gasteiger partial charge in [-0.25, -0.2) is 0 Å². The van der Waals surface area contributed by atoms with Crippen LogP contribution in [0.2, 0.25) is 0 Å². The normalized spacial score (nSPS) is 12.0. The maximum Gasteiger partial charge on any atom is 0.303 e. The molecule has 0 aliphatic carbocycles. The molecule has 0 fully saturated rings. The minimum atomic E-state index is -0.988. The molecular formula is C11H20N2O4. The molecule has 17 heavy (non-hydrogen) atoms. The fraction of sp³-hybridized carbons (Fsp3) is 0.727. The van der Waals surface area contributed by atoms with Crippen molar-refractivity contribution in [1.29, 1.82) is 0 Å². The minimum Gasteiger partial charge on any atom is -0.481 e. The SMILES string of the molecule is CCNC(=O)C(CCC(=O)O)NC(=O)C(C)C. The molecule has 0 heterocycles. The van der Waals surface area contributed by atoms with Crippen LogP contribution in [0.25, 0.3) is 0 Å². The van der Waals surface area contributed by atoms with Crippen LogP contribution in [0.15, 0.2) is 0 Å². The first-order chi connectivity index (χ1) is 7.88. The van der Waals surface area contributed by atoms with Crippen molar-refractivity contribution < 1.29 is 19.5 Å². The second-order valence-corrected chi connectivity index (χ2v) is 4.04. The smallest absolute Gasteiger partial charge is 0.303 e. The van der Waals surface area contributed by atoms with Gasteiger partial charge in [0.05, 0.1) is 0 Å². The number of nitrogens with one attached hydrogen (secondary N) is 2. The summed E-state index contributed by atoms with van der Waals surface area (Å²) in [7, 11) is 0. The number of hydrogen-bond donors (Lipinski definition) is 3. The Labute approximate surface area is 101 Å². The van der Waals surface area contributed by atoms with Crippen molar-refractivity contribution in [2.45, 2.75) is 39.7 Å². The third kappa shape index (κ3) is 6.55. The van der Waals surface area contributed by atoms with Gasteiger partial charge in [-0.3, -0.25) is 14.4 Å². The molecule has 0 rings (SSSR count). The molecule has 0 aromatic carbocycles. The van der Waals surface area contributed by atoms with Crippen molar-refractivity contribution in [2.24, 2.45) is 5.92 Å². The molecule has 2 amide bonds. The third-order valence-electron chi connectivity index (χ3n) is 2.16. The van der Waals surface area contributed by atoms with Gasteiger partial charge in [0.25, 0.3) is 0 Å². The Morgan fingerprint density at radius 2 is 1.76 bits per heavy atom. The van der Waals surface area contributed by atoms with Crippen LogP contribution in [0.4, 0.5) is 0 Å². The van der Waals surface area contributed by atoms with Crippen LogP contribution in [-0.4, -0.2) is 35.5 Å². The third-order valence-corrected chi connectivity index (χ3v) is 2.16. The summed E-state index contributed by atoms with van der Waals surface area (Å²) in [4.78, 5) is 33.5. The number of likely N-dealkylation sites (N-methyl/N-ethyl adjacent to an activating group) is 1. The molecule has 0 radical (unpaired) electrons. The van der Waals surface area contributed by atoms with Crippen molar-refractivity contribution >= 4 is 17.8 Å². The van der Waals surface area contributed by atoms with Crippen molar-refractivity contribution in [3.63, 3.8) is 0 Å². The van der Waals surface area contributed by atoms with Gasteiger partial charge in [0.1, 0.15) is 6.04 Å². The highest BCUT2D eigenvalue weighted by atomic mass is 16.4. The molecule has 6 heteroatoms. The number of carboxylic acids is 1. The molecule has 0 saturated heterocycles. The van der Waals surface area contributed by atoms with E-state index < -0.39 is 12.0 Å². The van der Waals surface area contributed by atoms with Crippen molar-refractivity contribution in [2.75, 3.05) is 6.54 Å². The number of rotatable bonds is 7. The highest BCUT2D eigenvalue weighted by molar-refractivity contribution is 5.88. The number of aliphatic carboxylic acids is 1. The highest BCUT2D eigenvalue weighted by Gasteiger charge is 2.22. The monoisotopic (exact) mass is 244 g/mol. The molecule has 0 aromatic heterocycles. The summed E-state index contributed by atoms with van der Waals surface area (Å²) < 4.78 is 0. The van der Waals surface area contributed by atoms with Crippen molar-refractivity contribution in [1.82, 2.24) is 10.6 Å². The van der Waals surface area contributed by atoms with Gasteiger partial charge in [-0.2, -0.15) is 0 Å². The van der Waals surface area contributed by atoms with Gasteiger partial charge in [-0.15, -0.1) is 0 Å². The largest absolute Gasteiger partial charge is 0.481 e. The number of carboxylic acid groups (broad SMARTS) is 1. The number of carbonyl (C=O) groups excluding carboxylic acids is 2. The lowest BCUT2D eigenvalue weighted by Crippen LogP contribution is -2.48. The molecule has 0 aliphatic heterocycles. The van der Waals surface area contributed by atoms with Crippen LogP contribution in [0.5, 0.6) is 0 Å². The number of hydrogen-bond acceptors (Lipinski definition) is 3. The van der Waals surface area contributed by atoms with E-state index in [9.17, 15) is 14.4 Å². The Bertz CT molecular complexity index is 289. The van der Waals surface area contributed by atoms with E-state index in [-0.39, 0.29) is 30.6 Å². The molecule has 1 atom stereocenters. The van der Waals surface area contributed by atoms with E-state index in [2.05, 4.69) is 10.6 Å². The lowest BCUT2D eigenvalue weighted by atomic mass is 10.1. The Morgan fingerprint density at radius 1 is 1.18 bits per heavy atom. The Hall–Kier alpha value is -1.59. The molecule has 6 nitrogen and oxygen atoms in total. The first-order valence-corrected chi connectivity index (χ1v) is 5.68. The quantitative estimate of drug-likeness (QED) is 0.593. The summed E-state index contributed by atoms with van der Waals surface area (Å²) in [5, 5.41) is 13.7. The molecule has 3 N–H and O–H groups in total. The standard InChI is InChI=1S/C11H20N2O4/c1-4-12-11(17)8(5-6-9(14)15)13-10(16)7(2)3/h7-8H,4-6H2,1-3H3,(H,12,17)(H,13,16)(H,14,15). The fourth-order valence-corrected chi connectivity index (χ4v) is 1.17. The summed E-state index contributed by atoms with van der Waals surface area (Å²) >= 11 is 0. The lowest BCUT2D eigenvalue weighted by molar-refractivity contribution is -0.138. The number of carbonyl (C=O) groups is 3. The van der Waals surface area contributed by atoms with Gasteiger partial charge in [0.2, 0.25) is 11.8 Å². The molecule has 0 aliphatic rings. The molecule has 0 spiro atoms. The van der Waals surface area contributed by atoms with Gasteiger partial charge in [0.15, 0.2) is 0 Å². The van der Waals surface area contributed by atoms with Gasteiger partial charge in [-0.1, -0.05) is 13.8 Å². The van der Waals surface area contributed by atoms with Crippen LogP contribution in [0.1, 0.15) is 33.6 Å². The maximum atomic E-state index is 11.6. The second kappa shape index (κ2) is 7.65. The predicted molar refractivity (Wildman–Crippen MR) is 62.3 cm³/mol. The molecular weight excluding hydrogens is 224 g/mol. The average molecular weight is 244 g/mol. The fourth-order valence-electron chi connectivity index (χ4n) is 1.17. The van der Waals surface area contributed by atoms with Gasteiger partial charge in [0, 0.05) is 18.9 Å². The summed E-state index contributed by atoms with van der Waals surface area (Å²) in [6, 6.07) is -0.777. The van der Waals surface area contributed by atoms with Crippen LogP contribution >= 0.6 is 0 Å². The van der Waals surface area contributed by atoms with Gasteiger partial charge >= 0.3 is 5.97 Å². The molecule has 1 unspecified atom stereocenters. The van der Waals surface area contributed by atoms with E-state index in [0.29, 0.717) is 6.54 Å². The second-order valence-electron chi connectivity index (χ2n) is 4.04. The summed E-state index contributed by atoms with van der Waals surface area (Å²) in [5.41, 5.74) is 0. The van der Waals surface area contributed by atoms with E-state index in [4.69, 9.17) is 5.11 Å². The number of amides is 2. The highest BCUT2D eigenvalue weighted by Crippen LogP contribution is 2.01. The zero-order chi connectivity index (χ0) is 13.4. The van der Waals surface area contributed by atoms with E-state index in [1.54, 1.807) is 20.8 Å². The van der Waals surface area contributed by atoms with Crippen LogP contribution in [-0.2, 0) is 14.4 Å². The molecule has 0 saturated carbocycles. The molecule has 98 valence electrons. The van der Waals surface area contributed by atoms with E-state index in [0.717, 1.165) is 0 Å².